The van der Waals surface area contributed by atoms with Crippen LogP contribution in [0.4, 0.5) is 0 Å². The molecule has 1 N–H and O–H groups in total. The first-order valence-electron chi connectivity index (χ1n) is 7.06. The molecule has 1 aromatic heterocycles. The normalized spacial score (nSPS) is 19.9. The lowest BCUT2D eigenvalue weighted by Gasteiger charge is -2.44. The molecule has 0 aromatic carbocycles. The SMILES string of the molecule is CC(C)(C(O)CCc1cccs1)N1CCCCC1. The van der Waals surface area contributed by atoms with E-state index in [1.54, 1.807) is 11.3 Å². The Bertz CT molecular complexity index is 341. The van der Waals surface area contributed by atoms with E-state index in [1.807, 2.05) is 0 Å². The second-order valence-electron chi connectivity index (χ2n) is 5.84. The van der Waals surface area contributed by atoms with Crippen molar-refractivity contribution in [3.05, 3.63) is 22.4 Å². The number of thiophene rings is 1. The van der Waals surface area contributed by atoms with Crippen LogP contribution in [-0.2, 0) is 6.42 Å². The molecule has 2 nitrogen and oxygen atoms in total. The van der Waals surface area contributed by atoms with Crippen molar-refractivity contribution in [2.24, 2.45) is 0 Å². The van der Waals surface area contributed by atoms with Gasteiger partial charge >= 0.3 is 0 Å². The average Bonchev–Trinajstić information content (AvgIpc) is 2.90. The largest absolute Gasteiger partial charge is 0.391 e. The van der Waals surface area contributed by atoms with Crippen molar-refractivity contribution in [3.8, 4) is 0 Å². The number of hydrogen-bond donors (Lipinski definition) is 1. The van der Waals surface area contributed by atoms with E-state index in [0.717, 1.165) is 25.9 Å². The summed E-state index contributed by atoms with van der Waals surface area (Å²) in [5, 5.41) is 12.6. The quantitative estimate of drug-likeness (QED) is 0.885. The molecule has 0 spiro atoms. The average molecular weight is 267 g/mol. The highest BCUT2D eigenvalue weighted by Crippen LogP contribution is 2.26. The summed E-state index contributed by atoms with van der Waals surface area (Å²) in [6, 6.07) is 4.24. The number of rotatable bonds is 5. The summed E-state index contributed by atoms with van der Waals surface area (Å²) in [6.45, 7) is 6.67. The number of likely N-dealkylation sites (tertiary alicyclic amines) is 1. The topological polar surface area (TPSA) is 23.5 Å². The lowest BCUT2D eigenvalue weighted by atomic mass is 9.89. The fourth-order valence-corrected chi connectivity index (χ4v) is 3.49. The van der Waals surface area contributed by atoms with Gasteiger partial charge in [0.05, 0.1) is 6.10 Å². The van der Waals surface area contributed by atoms with Gasteiger partial charge in [0.25, 0.3) is 0 Å². The molecule has 2 heterocycles. The first-order valence-corrected chi connectivity index (χ1v) is 7.94. The second-order valence-corrected chi connectivity index (χ2v) is 6.87. The van der Waals surface area contributed by atoms with Crippen LogP contribution in [-0.4, -0.2) is 34.7 Å². The van der Waals surface area contributed by atoms with Crippen molar-refractivity contribution in [1.82, 2.24) is 4.90 Å². The maximum absolute atomic E-state index is 10.5. The van der Waals surface area contributed by atoms with E-state index in [2.05, 4.69) is 36.3 Å². The molecule has 0 bridgehead atoms. The van der Waals surface area contributed by atoms with Crippen LogP contribution >= 0.6 is 11.3 Å². The molecule has 1 unspecified atom stereocenters. The molecule has 18 heavy (non-hydrogen) atoms. The Labute approximate surface area is 115 Å². The standard InChI is InChI=1S/C15H25NOS/c1-15(2,16-10-4-3-5-11-16)14(17)9-8-13-7-6-12-18-13/h6-7,12,14,17H,3-5,8-11H2,1-2H3. The second kappa shape index (κ2) is 6.18. The van der Waals surface area contributed by atoms with Crippen molar-refractivity contribution in [2.45, 2.75) is 57.6 Å². The van der Waals surface area contributed by atoms with Crippen LogP contribution in [0.1, 0.15) is 44.4 Å². The summed E-state index contributed by atoms with van der Waals surface area (Å²) in [6.07, 6.45) is 5.53. The van der Waals surface area contributed by atoms with E-state index in [0.29, 0.717) is 0 Å². The van der Waals surface area contributed by atoms with Crippen LogP contribution in [0.15, 0.2) is 17.5 Å². The third kappa shape index (κ3) is 3.34. The minimum Gasteiger partial charge on any atom is -0.391 e. The molecular formula is C15H25NOS. The Hall–Kier alpha value is -0.380. The predicted molar refractivity (Wildman–Crippen MR) is 78.1 cm³/mol. The third-order valence-electron chi connectivity index (χ3n) is 4.23. The Morgan fingerprint density at radius 2 is 2.06 bits per heavy atom. The number of nitrogens with zero attached hydrogens (tertiary/aromatic N) is 1. The van der Waals surface area contributed by atoms with Gasteiger partial charge in [0, 0.05) is 10.4 Å². The minimum atomic E-state index is -0.238. The van der Waals surface area contributed by atoms with Gasteiger partial charge in [-0.3, -0.25) is 4.90 Å². The fraction of sp³-hybridized carbons (Fsp3) is 0.733. The lowest BCUT2D eigenvalue weighted by molar-refractivity contribution is -0.0227. The Morgan fingerprint density at radius 3 is 2.67 bits per heavy atom. The first-order chi connectivity index (χ1) is 8.60. The predicted octanol–water partition coefficient (Wildman–Crippen LogP) is 3.31. The van der Waals surface area contributed by atoms with Gasteiger partial charge in [-0.25, -0.2) is 0 Å². The highest BCUT2D eigenvalue weighted by atomic mass is 32.1. The van der Waals surface area contributed by atoms with Gasteiger partial charge < -0.3 is 5.11 Å². The zero-order valence-corrected chi connectivity index (χ0v) is 12.4. The molecule has 1 aliphatic heterocycles. The van der Waals surface area contributed by atoms with Crippen LogP contribution in [0.5, 0.6) is 0 Å². The number of aliphatic hydroxyl groups is 1. The van der Waals surface area contributed by atoms with E-state index < -0.39 is 0 Å². The summed E-state index contributed by atoms with van der Waals surface area (Å²) in [7, 11) is 0. The number of aryl methyl sites for hydroxylation is 1. The number of aliphatic hydroxyl groups excluding tert-OH is 1. The number of hydrogen-bond acceptors (Lipinski definition) is 3. The third-order valence-corrected chi connectivity index (χ3v) is 5.17. The van der Waals surface area contributed by atoms with Crippen LogP contribution in [0.25, 0.3) is 0 Å². The molecule has 0 aliphatic carbocycles. The van der Waals surface area contributed by atoms with Gasteiger partial charge in [0.1, 0.15) is 0 Å². The van der Waals surface area contributed by atoms with E-state index in [-0.39, 0.29) is 11.6 Å². The smallest absolute Gasteiger partial charge is 0.0721 e. The molecule has 1 fully saturated rings. The highest BCUT2D eigenvalue weighted by molar-refractivity contribution is 7.09. The van der Waals surface area contributed by atoms with Crippen molar-refractivity contribution in [2.75, 3.05) is 13.1 Å². The molecule has 0 saturated carbocycles. The number of piperidine rings is 1. The zero-order valence-electron chi connectivity index (χ0n) is 11.6. The molecule has 0 amide bonds. The van der Waals surface area contributed by atoms with Crippen molar-refractivity contribution in [3.63, 3.8) is 0 Å². The fourth-order valence-electron chi connectivity index (χ4n) is 2.77. The maximum atomic E-state index is 10.5. The van der Waals surface area contributed by atoms with Crippen molar-refractivity contribution >= 4 is 11.3 Å². The molecule has 1 saturated heterocycles. The maximum Gasteiger partial charge on any atom is 0.0721 e. The molecule has 2 rings (SSSR count). The summed E-state index contributed by atoms with van der Waals surface area (Å²) in [5.74, 6) is 0. The minimum absolute atomic E-state index is 0.0856. The zero-order chi connectivity index (χ0) is 13.0. The van der Waals surface area contributed by atoms with Crippen molar-refractivity contribution < 1.29 is 5.11 Å². The van der Waals surface area contributed by atoms with Gasteiger partial charge in [0.2, 0.25) is 0 Å². The summed E-state index contributed by atoms with van der Waals surface area (Å²) in [4.78, 5) is 3.85. The van der Waals surface area contributed by atoms with Crippen LogP contribution in [0, 0.1) is 0 Å². The summed E-state index contributed by atoms with van der Waals surface area (Å²) >= 11 is 1.79. The van der Waals surface area contributed by atoms with Crippen LogP contribution < -0.4 is 0 Å². The van der Waals surface area contributed by atoms with Gasteiger partial charge in [-0.2, -0.15) is 0 Å². The molecule has 3 heteroatoms. The van der Waals surface area contributed by atoms with Crippen LogP contribution in [0.2, 0.25) is 0 Å². The van der Waals surface area contributed by atoms with E-state index in [9.17, 15) is 5.11 Å². The van der Waals surface area contributed by atoms with E-state index in [4.69, 9.17) is 0 Å². The highest BCUT2D eigenvalue weighted by Gasteiger charge is 2.34. The lowest BCUT2D eigenvalue weighted by Crippen LogP contribution is -2.54. The van der Waals surface area contributed by atoms with Crippen LogP contribution in [0.3, 0.4) is 0 Å². The van der Waals surface area contributed by atoms with Crippen molar-refractivity contribution in [1.29, 1.82) is 0 Å². The van der Waals surface area contributed by atoms with Gasteiger partial charge in [0.15, 0.2) is 0 Å². The van der Waals surface area contributed by atoms with E-state index in [1.165, 1.54) is 24.1 Å². The van der Waals surface area contributed by atoms with Gasteiger partial charge in [-0.1, -0.05) is 12.5 Å². The molecule has 1 aliphatic rings. The molecule has 102 valence electrons. The monoisotopic (exact) mass is 267 g/mol. The molecule has 0 radical (unpaired) electrons. The van der Waals surface area contributed by atoms with Gasteiger partial charge in [-0.05, 0) is 64.1 Å². The Kier molecular flexibility index (Phi) is 4.82. The molecular weight excluding hydrogens is 242 g/mol. The molecule has 1 aromatic rings. The Morgan fingerprint density at radius 1 is 1.33 bits per heavy atom. The molecule has 1 atom stereocenters. The Balaban J connectivity index is 1.87. The van der Waals surface area contributed by atoms with Gasteiger partial charge in [-0.15, -0.1) is 11.3 Å². The summed E-state index contributed by atoms with van der Waals surface area (Å²) in [5.41, 5.74) is -0.0856. The first kappa shape index (κ1) is 14.0. The van der Waals surface area contributed by atoms with E-state index >= 15 is 0 Å². The summed E-state index contributed by atoms with van der Waals surface area (Å²) < 4.78 is 0.